The summed E-state index contributed by atoms with van der Waals surface area (Å²) in [4.78, 5) is 19.4. The lowest BCUT2D eigenvalue weighted by Gasteiger charge is -2.35. The van der Waals surface area contributed by atoms with E-state index in [1.54, 1.807) is 15.8 Å². The maximum atomic E-state index is 13.1. The summed E-state index contributed by atoms with van der Waals surface area (Å²) in [5, 5.41) is 5.72. The number of nitrogens with zero attached hydrogens (tertiary/aromatic N) is 4. The van der Waals surface area contributed by atoms with Crippen molar-refractivity contribution in [1.82, 2.24) is 19.7 Å². The molecule has 2 aromatic heterocycles. The number of aromatic nitrogens is 3. The largest absolute Gasteiger partial charge is 0.372 e. The number of fused-ring (bicyclic) bond motifs is 1. The Hall–Kier alpha value is -2.44. The van der Waals surface area contributed by atoms with E-state index in [-0.39, 0.29) is 18.1 Å². The van der Waals surface area contributed by atoms with Crippen molar-refractivity contribution in [3.05, 3.63) is 52.3 Å². The van der Waals surface area contributed by atoms with Gasteiger partial charge in [-0.25, -0.2) is 9.67 Å². The van der Waals surface area contributed by atoms with Gasteiger partial charge in [0.05, 0.1) is 39.6 Å². The number of ether oxygens (including phenoxy) is 1. The molecule has 3 heterocycles. The number of carbonyl (C=O) groups excluding carboxylic acids is 1. The Labute approximate surface area is 169 Å². The number of halogens is 1. The van der Waals surface area contributed by atoms with Crippen molar-refractivity contribution in [2.75, 3.05) is 13.1 Å². The summed E-state index contributed by atoms with van der Waals surface area (Å²) in [5.74, 6) is -0.121. The van der Waals surface area contributed by atoms with E-state index in [9.17, 15) is 4.79 Å². The van der Waals surface area contributed by atoms with Gasteiger partial charge in [0.15, 0.2) is 5.65 Å². The van der Waals surface area contributed by atoms with Crippen LogP contribution >= 0.6 is 11.6 Å². The Morgan fingerprint density at radius 1 is 1.14 bits per heavy atom. The highest BCUT2D eigenvalue weighted by atomic mass is 35.5. The Morgan fingerprint density at radius 2 is 1.79 bits per heavy atom. The molecule has 0 unspecified atom stereocenters. The van der Waals surface area contributed by atoms with Crippen LogP contribution < -0.4 is 0 Å². The second kappa shape index (κ2) is 7.18. The van der Waals surface area contributed by atoms with Gasteiger partial charge in [0.1, 0.15) is 0 Å². The number of hydrogen-bond donors (Lipinski definition) is 0. The van der Waals surface area contributed by atoms with Crippen LogP contribution in [0, 0.1) is 13.8 Å². The van der Waals surface area contributed by atoms with Crippen LogP contribution in [0.1, 0.15) is 35.5 Å². The fourth-order valence-corrected chi connectivity index (χ4v) is 4.09. The van der Waals surface area contributed by atoms with Gasteiger partial charge in [0.25, 0.3) is 5.91 Å². The molecule has 1 amide bonds. The highest BCUT2D eigenvalue weighted by Crippen LogP contribution is 2.31. The zero-order valence-corrected chi connectivity index (χ0v) is 17.2. The average Bonchev–Trinajstić information content (AvgIpc) is 2.99. The first-order valence-electron chi connectivity index (χ1n) is 9.40. The first-order valence-corrected chi connectivity index (χ1v) is 9.78. The fraction of sp³-hybridized carbons (Fsp3) is 0.381. The summed E-state index contributed by atoms with van der Waals surface area (Å²) < 4.78 is 7.49. The monoisotopic (exact) mass is 398 g/mol. The topological polar surface area (TPSA) is 60.2 Å². The van der Waals surface area contributed by atoms with Gasteiger partial charge in [-0.15, -0.1) is 0 Å². The molecule has 1 aliphatic rings. The summed E-state index contributed by atoms with van der Waals surface area (Å²) >= 11 is 6.69. The molecule has 7 heteroatoms. The Bertz CT molecular complexity index is 1030. The molecular weight excluding hydrogens is 376 g/mol. The average molecular weight is 399 g/mol. The standard InChI is InChI=1S/C21H23ClN4O2/c1-12-5-7-16(8-6-12)26-20-18(15(4)24-26)19(22)17(9-23-20)21(27)25-10-13(2)28-14(3)11-25/h5-9,13-14H,10-11H2,1-4H3/t13-,14-/m0/s1. The van der Waals surface area contributed by atoms with Gasteiger partial charge in [-0.3, -0.25) is 4.79 Å². The lowest BCUT2D eigenvalue weighted by atomic mass is 10.1. The number of carbonyl (C=O) groups is 1. The van der Waals surface area contributed by atoms with Gasteiger partial charge in [0, 0.05) is 19.3 Å². The number of hydrogen-bond acceptors (Lipinski definition) is 4. The van der Waals surface area contributed by atoms with E-state index in [0.29, 0.717) is 34.7 Å². The lowest BCUT2D eigenvalue weighted by Crippen LogP contribution is -2.48. The molecule has 6 nitrogen and oxygen atoms in total. The zero-order chi connectivity index (χ0) is 20.0. The molecule has 2 atom stereocenters. The number of benzene rings is 1. The summed E-state index contributed by atoms with van der Waals surface area (Å²) in [5.41, 5.74) is 3.87. The van der Waals surface area contributed by atoms with E-state index in [0.717, 1.165) is 11.4 Å². The van der Waals surface area contributed by atoms with Crippen LogP contribution in [0.25, 0.3) is 16.7 Å². The minimum Gasteiger partial charge on any atom is -0.372 e. The quantitative estimate of drug-likeness (QED) is 0.656. The van der Waals surface area contributed by atoms with Crippen molar-refractivity contribution < 1.29 is 9.53 Å². The molecule has 3 aromatic rings. The Kier molecular flexibility index (Phi) is 4.85. The van der Waals surface area contributed by atoms with Gasteiger partial charge in [-0.05, 0) is 39.8 Å². The molecule has 1 aliphatic heterocycles. The molecule has 0 spiro atoms. The third kappa shape index (κ3) is 3.27. The molecule has 1 saturated heterocycles. The second-order valence-electron chi connectivity index (χ2n) is 7.48. The maximum Gasteiger partial charge on any atom is 0.257 e. The first kappa shape index (κ1) is 18.9. The summed E-state index contributed by atoms with van der Waals surface area (Å²) in [6, 6.07) is 8.04. The predicted octanol–water partition coefficient (Wildman–Crippen LogP) is 3.94. The van der Waals surface area contributed by atoms with E-state index < -0.39 is 0 Å². The lowest BCUT2D eigenvalue weighted by molar-refractivity contribution is -0.0586. The number of pyridine rings is 1. The van der Waals surface area contributed by atoms with Gasteiger partial charge in [0.2, 0.25) is 0 Å². The summed E-state index contributed by atoms with van der Waals surface area (Å²) in [7, 11) is 0. The molecule has 1 fully saturated rings. The molecule has 0 N–H and O–H groups in total. The molecule has 146 valence electrons. The number of rotatable bonds is 2. The van der Waals surface area contributed by atoms with Gasteiger partial charge in [-0.1, -0.05) is 29.3 Å². The van der Waals surface area contributed by atoms with Crippen molar-refractivity contribution in [2.45, 2.75) is 39.9 Å². The van der Waals surface area contributed by atoms with E-state index in [4.69, 9.17) is 16.3 Å². The molecule has 0 radical (unpaired) electrons. The Balaban J connectivity index is 1.76. The van der Waals surface area contributed by atoms with Crippen LogP contribution in [0.4, 0.5) is 0 Å². The highest BCUT2D eigenvalue weighted by molar-refractivity contribution is 6.38. The third-order valence-electron chi connectivity index (χ3n) is 5.02. The van der Waals surface area contributed by atoms with Gasteiger partial charge < -0.3 is 9.64 Å². The Morgan fingerprint density at radius 3 is 2.43 bits per heavy atom. The van der Waals surface area contributed by atoms with Crippen molar-refractivity contribution in [2.24, 2.45) is 0 Å². The van der Waals surface area contributed by atoms with E-state index in [2.05, 4.69) is 10.1 Å². The first-order chi connectivity index (χ1) is 13.3. The molecule has 0 saturated carbocycles. The minimum absolute atomic E-state index is 0.00538. The van der Waals surface area contributed by atoms with Crippen molar-refractivity contribution in [1.29, 1.82) is 0 Å². The minimum atomic E-state index is -0.121. The maximum absolute atomic E-state index is 13.1. The molecular formula is C21H23ClN4O2. The van der Waals surface area contributed by atoms with Crippen molar-refractivity contribution in [3.8, 4) is 5.69 Å². The number of morpholine rings is 1. The second-order valence-corrected chi connectivity index (χ2v) is 7.86. The van der Waals surface area contributed by atoms with Crippen molar-refractivity contribution >= 4 is 28.5 Å². The normalized spacial score (nSPS) is 20.0. The van der Waals surface area contributed by atoms with Gasteiger partial charge >= 0.3 is 0 Å². The van der Waals surface area contributed by atoms with Crippen molar-refractivity contribution in [3.63, 3.8) is 0 Å². The van der Waals surface area contributed by atoms with E-state index in [1.807, 2.05) is 52.0 Å². The SMILES string of the molecule is Cc1ccc(-n2nc(C)c3c(Cl)c(C(=O)N4C[C@H](C)O[C@@H](C)C4)cnc32)cc1. The summed E-state index contributed by atoms with van der Waals surface area (Å²) in [6.45, 7) is 8.94. The number of amides is 1. The molecule has 0 aliphatic carbocycles. The number of aryl methyl sites for hydroxylation is 2. The van der Waals surface area contributed by atoms with Crippen LogP contribution in [-0.4, -0.2) is 50.9 Å². The van der Waals surface area contributed by atoms with Crippen LogP contribution in [0.2, 0.25) is 5.02 Å². The molecule has 1 aromatic carbocycles. The van der Waals surface area contributed by atoms with Crippen LogP contribution in [0.3, 0.4) is 0 Å². The highest BCUT2D eigenvalue weighted by Gasteiger charge is 2.29. The smallest absolute Gasteiger partial charge is 0.257 e. The molecule has 28 heavy (non-hydrogen) atoms. The van der Waals surface area contributed by atoms with Gasteiger partial charge in [-0.2, -0.15) is 5.10 Å². The van der Waals surface area contributed by atoms with E-state index in [1.165, 1.54) is 5.56 Å². The fourth-order valence-electron chi connectivity index (χ4n) is 3.74. The molecule has 0 bridgehead atoms. The van der Waals surface area contributed by atoms with E-state index >= 15 is 0 Å². The predicted molar refractivity (Wildman–Crippen MR) is 109 cm³/mol. The van der Waals surface area contributed by atoms with Crippen LogP contribution in [0.5, 0.6) is 0 Å². The molecule has 4 rings (SSSR count). The van der Waals surface area contributed by atoms with Crippen LogP contribution in [0.15, 0.2) is 30.5 Å². The zero-order valence-electron chi connectivity index (χ0n) is 16.4. The summed E-state index contributed by atoms with van der Waals surface area (Å²) in [6.07, 6.45) is 1.55. The third-order valence-corrected chi connectivity index (χ3v) is 5.42. The van der Waals surface area contributed by atoms with Crippen LogP contribution in [-0.2, 0) is 4.74 Å².